The highest BCUT2D eigenvalue weighted by molar-refractivity contribution is 6.01. The molecule has 2 amide bonds. The fourth-order valence-electron chi connectivity index (χ4n) is 2.90. The van der Waals surface area contributed by atoms with Crippen LogP contribution in [0, 0.1) is 5.41 Å². The quantitative estimate of drug-likeness (QED) is 0.370. The second-order valence-corrected chi connectivity index (χ2v) is 6.56. The summed E-state index contributed by atoms with van der Waals surface area (Å²) in [6, 6.07) is 22.4. The average molecular weight is 386 g/mol. The van der Waals surface area contributed by atoms with Crippen molar-refractivity contribution in [1.82, 2.24) is 5.32 Å². The molecule has 6 nitrogen and oxygen atoms in total. The smallest absolute Gasteiger partial charge is 0.251 e. The zero-order chi connectivity index (χ0) is 20.6. The third-order valence-electron chi connectivity index (χ3n) is 4.45. The summed E-state index contributed by atoms with van der Waals surface area (Å²) < 4.78 is 0. The van der Waals surface area contributed by atoms with Crippen molar-refractivity contribution in [2.45, 2.75) is 12.5 Å². The normalized spacial score (nSPS) is 11.3. The summed E-state index contributed by atoms with van der Waals surface area (Å²) in [5, 5.41) is 13.0. The van der Waals surface area contributed by atoms with E-state index in [0.717, 1.165) is 11.8 Å². The maximum atomic E-state index is 13.0. The Balaban J connectivity index is 1.80. The van der Waals surface area contributed by atoms with Crippen molar-refractivity contribution in [3.05, 3.63) is 95.6 Å². The van der Waals surface area contributed by atoms with Crippen molar-refractivity contribution < 1.29 is 9.59 Å². The molecule has 5 N–H and O–H groups in total. The molecule has 0 aliphatic carbocycles. The molecule has 29 heavy (non-hydrogen) atoms. The molecule has 6 heteroatoms. The Kier molecular flexibility index (Phi) is 6.37. The molecule has 0 spiro atoms. The van der Waals surface area contributed by atoms with Crippen molar-refractivity contribution in [2.24, 2.45) is 0 Å². The molecule has 3 aromatic carbocycles. The second kappa shape index (κ2) is 9.32. The number of rotatable bonds is 7. The minimum absolute atomic E-state index is 0.320. The third-order valence-corrected chi connectivity index (χ3v) is 4.45. The van der Waals surface area contributed by atoms with Crippen LogP contribution in [-0.4, -0.2) is 24.1 Å². The minimum atomic E-state index is -0.772. The monoisotopic (exact) mass is 386 g/mol. The molecule has 0 aliphatic heterocycles. The minimum Gasteiger partial charge on any atom is -0.398 e. The summed E-state index contributed by atoms with van der Waals surface area (Å²) >= 11 is 0. The molecule has 1 atom stereocenters. The first-order valence-electron chi connectivity index (χ1n) is 9.17. The van der Waals surface area contributed by atoms with Gasteiger partial charge in [-0.3, -0.25) is 9.59 Å². The molecular formula is C23H22N4O2. The molecule has 0 radical (unpaired) electrons. The van der Waals surface area contributed by atoms with Crippen LogP contribution < -0.4 is 16.4 Å². The number of hydrogen-bond donors (Lipinski definition) is 4. The van der Waals surface area contributed by atoms with Gasteiger partial charge in [-0.05, 0) is 35.9 Å². The molecule has 0 saturated heterocycles. The number of benzene rings is 3. The molecular weight excluding hydrogens is 364 g/mol. The van der Waals surface area contributed by atoms with Crippen molar-refractivity contribution in [3.63, 3.8) is 0 Å². The van der Waals surface area contributed by atoms with E-state index in [1.54, 1.807) is 42.5 Å². The zero-order valence-corrected chi connectivity index (χ0v) is 15.8. The number of nitrogens with one attached hydrogen (secondary N) is 3. The van der Waals surface area contributed by atoms with Crippen molar-refractivity contribution in [1.29, 1.82) is 5.41 Å². The highest BCUT2D eigenvalue weighted by Gasteiger charge is 2.22. The number of hydrogen-bond acceptors (Lipinski definition) is 4. The maximum Gasteiger partial charge on any atom is 0.251 e. The van der Waals surface area contributed by atoms with E-state index in [9.17, 15) is 9.59 Å². The van der Waals surface area contributed by atoms with Crippen LogP contribution >= 0.6 is 0 Å². The van der Waals surface area contributed by atoms with Crippen LogP contribution in [0.25, 0.3) is 0 Å². The Labute approximate surface area is 169 Å². The molecule has 0 aromatic heterocycles. The number of nitrogens with two attached hydrogens (primary N) is 1. The summed E-state index contributed by atoms with van der Waals surface area (Å²) in [6.45, 7) is 0. The van der Waals surface area contributed by atoms with E-state index >= 15 is 0 Å². The summed E-state index contributed by atoms with van der Waals surface area (Å²) in [5.41, 5.74) is 8.69. The predicted molar refractivity (Wildman–Crippen MR) is 115 cm³/mol. The van der Waals surface area contributed by atoms with Crippen molar-refractivity contribution >= 4 is 29.4 Å². The van der Waals surface area contributed by atoms with Crippen LogP contribution in [0.1, 0.15) is 21.5 Å². The van der Waals surface area contributed by atoms with Gasteiger partial charge in [0.05, 0.1) is 0 Å². The zero-order valence-electron chi connectivity index (χ0n) is 15.8. The Morgan fingerprint density at radius 2 is 1.62 bits per heavy atom. The molecule has 0 fully saturated rings. The van der Waals surface area contributed by atoms with Gasteiger partial charge in [0.25, 0.3) is 5.91 Å². The highest BCUT2D eigenvalue weighted by Crippen LogP contribution is 2.17. The van der Waals surface area contributed by atoms with Gasteiger partial charge in [-0.1, -0.05) is 48.5 Å². The fraction of sp³-hybridized carbons (Fsp3) is 0.0870. The largest absolute Gasteiger partial charge is 0.398 e. The number of nitrogen functional groups attached to an aromatic ring is 1. The van der Waals surface area contributed by atoms with Gasteiger partial charge >= 0.3 is 0 Å². The van der Waals surface area contributed by atoms with Gasteiger partial charge in [0.1, 0.15) is 6.04 Å². The average Bonchev–Trinajstić information content (AvgIpc) is 2.75. The number of carbonyl (C=O) groups is 2. The molecule has 146 valence electrons. The van der Waals surface area contributed by atoms with E-state index in [1.807, 2.05) is 36.4 Å². The lowest BCUT2D eigenvalue weighted by Crippen LogP contribution is -2.45. The van der Waals surface area contributed by atoms with E-state index in [4.69, 9.17) is 11.1 Å². The van der Waals surface area contributed by atoms with Crippen LogP contribution in [0.2, 0.25) is 0 Å². The Morgan fingerprint density at radius 1 is 0.966 bits per heavy atom. The van der Waals surface area contributed by atoms with E-state index < -0.39 is 6.04 Å². The molecule has 0 aliphatic rings. The number of anilines is 2. The first kappa shape index (κ1) is 19.8. The molecule has 0 bridgehead atoms. The van der Waals surface area contributed by atoms with Crippen molar-refractivity contribution in [2.75, 3.05) is 11.1 Å². The van der Waals surface area contributed by atoms with Gasteiger partial charge in [-0.15, -0.1) is 0 Å². The summed E-state index contributed by atoms with van der Waals surface area (Å²) in [7, 11) is 0. The summed E-state index contributed by atoms with van der Waals surface area (Å²) in [6.07, 6.45) is 1.47. The van der Waals surface area contributed by atoms with Crippen LogP contribution in [0.5, 0.6) is 0 Å². The third kappa shape index (κ3) is 5.29. The molecule has 3 rings (SSSR count). The maximum absolute atomic E-state index is 13.0. The van der Waals surface area contributed by atoms with E-state index in [2.05, 4.69) is 10.6 Å². The van der Waals surface area contributed by atoms with E-state index in [0.29, 0.717) is 28.9 Å². The van der Waals surface area contributed by atoms with Gasteiger partial charge in [-0.25, -0.2) is 0 Å². The topological polar surface area (TPSA) is 108 Å². The lowest BCUT2D eigenvalue weighted by Gasteiger charge is -2.19. The van der Waals surface area contributed by atoms with Crippen LogP contribution in [0.15, 0.2) is 78.9 Å². The molecule has 0 heterocycles. The summed E-state index contributed by atoms with van der Waals surface area (Å²) in [5.74, 6) is -0.669. The second-order valence-electron chi connectivity index (χ2n) is 6.56. The predicted octanol–water partition coefficient (Wildman–Crippen LogP) is 3.25. The SMILES string of the molecule is N=Cc1cc(NC(=O)[C@H](Cc2ccccc2)NC(=O)c2ccccc2)ccc1N. The van der Waals surface area contributed by atoms with Gasteiger partial charge in [0.15, 0.2) is 0 Å². The Morgan fingerprint density at radius 3 is 2.28 bits per heavy atom. The van der Waals surface area contributed by atoms with Gasteiger partial charge in [-0.2, -0.15) is 0 Å². The van der Waals surface area contributed by atoms with Gasteiger partial charge in [0.2, 0.25) is 5.91 Å². The molecule has 0 saturated carbocycles. The molecule has 0 unspecified atom stereocenters. The number of carbonyl (C=O) groups excluding carboxylic acids is 2. The van der Waals surface area contributed by atoms with Crippen LogP contribution in [0.4, 0.5) is 11.4 Å². The number of amides is 2. The van der Waals surface area contributed by atoms with Crippen molar-refractivity contribution in [3.8, 4) is 0 Å². The highest BCUT2D eigenvalue weighted by atomic mass is 16.2. The summed E-state index contributed by atoms with van der Waals surface area (Å²) in [4.78, 5) is 25.6. The Bertz CT molecular complexity index is 1000. The first-order valence-corrected chi connectivity index (χ1v) is 9.17. The lowest BCUT2D eigenvalue weighted by atomic mass is 10.0. The van der Waals surface area contributed by atoms with E-state index in [1.165, 1.54) is 0 Å². The van der Waals surface area contributed by atoms with Gasteiger partial charge < -0.3 is 21.8 Å². The Hall–Kier alpha value is -3.93. The van der Waals surface area contributed by atoms with Gasteiger partial charge in [0, 0.05) is 35.1 Å². The van der Waals surface area contributed by atoms with Crippen LogP contribution in [-0.2, 0) is 11.2 Å². The molecule has 3 aromatic rings. The lowest BCUT2D eigenvalue weighted by molar-refractivity contribution is -0.118. The standard InChI is InChI=1S/C23H22N4O2/c24-15-18-14-19(11-12-20(18)25)26-23(29)21(13-16-7-3-1-4-8-16)27-22(28)17-9-5-2-6-10-17/h1-12,14-15,21,24H,13,25H2,(H,26,29)(H,27,28)/t21-/m0/s1. The van der Waals surface area contributed by atoms with E-state index in [-0.39, 0.29) is 11.8 Å². The fourth-order valence-corrected chi connectivity index (χ4v) is 2.90. The first-order chi connectivity index (χ1) is 14.1. The van der Waals surface area contributed by atoms with Crippen LogP contribution in [0.3, 0.4) is 0 Å².